The lowest BCUT2D eigenvalue weighted by molar-refractivity contribution is 0.306. The number of benzene rings is 4. The Labute approximate surface area is 195 Å². The predicted octanol–water partition coefficient (Wildman–Crippen LogP) is 8.44. The summed E-state index contributed by atoms with van der Waals surface area (Å²) in [6.45, 7) is 0.312. The number of rotatable bonds is 5. The van der Waals surface area contributed by atoms with Gasteiger partial charge in [-0.1, -0.05) is 83.3 Å². The van der Waals surface area contributed by atoms with Crippen LogP contribution in [0, 0.1) is 11.3 Å². The van der Waals surface area contributed by atoms with Crippen LogP contribution in [0.25, 0.3) is 22.4 Å². The van der Waals surface area contributed by atoms with Gasteiger partial charge in [0.15, 0.2) is 5.75 Å². The summed E-state index contributed by atoms with van der Waals surface area (Å²) in [5.74, 6) is 0.402. The number of nitrogens with zero attached hydrogens (tertiary/aromatic N) is 1. The Morgan fingerprint density at radius 2 is 1.52 bits per heavy atom. The van der Waals surface area contributed by atoms with Gasteiger partial charge < -0.3 is 4.74 Å². The molecule has 0 N–H and O–H groups in total. The highest BCUT2D eigenvalue weighted by Gasteiger charge is 2.11. The Morgan fingerprint density at radius 3 is 2.19 bits per heavy atom. The van der Waals surface area contributed by atoms with Crippen LogP contribution in [0.15, 0.2) is 78.9 Å². The second-order valence-electron chi connectivity index (χ2n) is 6.96. The Bertz CT molecular complexity index is 1300. The largest absolute Gasteiger partial charge is 0.486 e. The van der Waals surface area contributed by atoms with Gasteiger partial charge in [0.25, 0.3) is 0 Å². The van der Waals surface area contributed by atoms with Gasteiger partial charge in [-0.3, -0.25) is 0 Å². The first-order valence-corrected chi connectivity index (χ1v) is 10.6. The third-order valence-corrected chi connectivity index (χ3v) is 5.62. The highest BCUT2D eigenvalue weighted by molar-refractivity contribution is 6.37. The van der Waals surface area contributed by atoms with Crippen molar-refractivity contribution in [3.8, 4) is 11.8 Å². The van der Waals surface area contributed by atoms with E-state index in [1.807, 2.05) is 54.6 Å². The van der Waals surface area contributed by atoms with Crippen LogP contribution >= 0.6 is 34.8 Å². The van der Waals surface area contributed by atoms with Crippen molar-refractivity contribution in [2.24, 2.45) is 0 Å². The van der Waals surface area contributed by atoms with Crippen LogP contribution < -0.4 is 4.74 Å². The van der Waals surface area contributed by atoms with E-state index in [9.17, 15) is 5.26 Å². The van der Waals surface area contributed by atoms with Gasteiger partial charge in [0.2, 0.25) is 0 Å². The van der Waals surface area contributed by atoms with Gasteiger partial charge in [-0.05, 0) is 63.9 Å². The van der Waals surface area contributed by atoms with Gasteiger partial charge in [0.05, 0.1) is 21.7 Å². The van der Waals surface area contributed by atoms with Gasteiger partial charge in [-0.25, -0.2) is 0 Å². The van der Waals surface area contributed by atoms with E-state index in [1.54, 1.807) is 30.3 Å². The van der Waals surface area contributed by atoms with Gasteiger partial charge in [0.1, 0.15) is 6.61 Å². The highest BCUT2D eigenvalue weighted by atomic mass is 35.5. The van der Waals surface area contributed by atoms with Crippen LogP contribution in [-0.4, -0.2) is 0 Å². The molecule has 2 nitrogen and oxygen atoms in total. The maximum atomic E-state index is 9.72. The summed E-state index contributed by atoms with van der Waals surface area (Å²) in [6, 6.07) is 27.1. The van der Waals surface area contributed by atoms with Crippen molar-refractivity contribution in [2.75, 3.05) is 0 Å². The summed E-state index contributed by atoms with van der Waals surface area (Å²) in [6.07, 6.45) is 1.77. The van der Waals surface area contributed by atoms with Crippen molar-refractivity contribution in [1.82, 2.24) is 0 Å². The van der Waals surface area contributed by atoms with Gasteiger partial charge in [-0.15, -0.1) is 0 Å². The van der Waals surface area contributed by atoms with Crippen LogP contribution in [0.3, 0.4) is 0 Å². The molecule has 0 radical (unpaired) electrons. The average molecular weight is 465 g/mol. The first-order chi connectivity index (χ1) is 15.0. The number of hydrogen-bond donors (Lipinski definition) is 0. The average Bonchev–Trinajstić information content (AvgIpc) is 2.78. The Balaban J connectivity index is 1.60. The van der Waals surface area contributed by atoms with E-state index < -0.39 is 0 Å². The van der Waals surface area contributed by atoms with Crippen molar-refractivity contribution in [1.29, 1.82) is 5.26 Å². The zero-order chi connectivity index (χ0) is 21.8. The smallest absolute Gasteiger partial charge is 0.157 e. The first kappa shape index (κ1) is 21.3. The zero-order valence-electron chi connectivity index (χ0n) is 16.3. The minimum Gasteiger partial charge on any atom is -0.486 e. The fraction of sp³-hybridized carbons (Fsp3) is 0.0385. The highest BCUT2D eigenvalue weighted by Crippen LogP contribution is 2.36. The molecule has 5 heteroatoms. The Hall–Kier alpha value is -2.96. The minimum atomic E-state index is 0.312. The summed E-state index contributed by atoms with van der Waals surface area (Å²) in [7, 11) is 0. The van der Waals surface area contributed by atoms with Crippen molar-refractivity contribution in [3.63, 3.8) is 0 Å². The summed E-state index contributed by atoms with van der Waals surface area (Å²) in [5.41, 5.74) is 3.02. The van der Waals surface area contributed by atoms with E-state index in [1.165, 1.54) is 0 Å². The van der Waals surface area contributed by atoms with E-state index in [-0.39, 0.29) is 0 Å². The van der Waals surface area contributed by atoms with Gasteiger partial charge in [0, 0.05) is 5.02 Å². The molecule has 0 aromatic heterocycles. The quantitative estimate of drug-likeness (QED) is 0.219. The predicted molar refractivity (Wildman–Crippen MR) is 130 cm³/mol. The van der Waals surface area contributed by atoms with E-state index in [0.29, 0.717) is 33.0 Å². The molecule has 4 aromatic carbocycles. The van der Waals surface area contributed by atoms with E-state index >= 15 is 0 Å². The molecule has 0 heterocycles. The topological polar surface area (TPSA) is 33.0 Å². The van der Waals surface area contributed by atoms with Crippen LogP contribution in [0.2, 0.25) is 15.1 Å². The molecule has 4 aromatic rings. The SMILES string of the molecule is N#C/C(=C/c1cc(Cl)c(OCc2ccc(Cl)cc2)c(Cl)c1)c1ccc2ccccc2c1. The molecule has 0 fully saturated rings. The van der Waals surface area contributed by atoms with Crippen LogP contribution in [0.1, 0.15) is 16.7 Å². The summed E-state index contributed by atoms with van der Waals surface area (Å²) < 4.78 is 5.82. The standard InChI is InChI=1S/C26H16Cl3NO/c27-23-9-5-17(6-10-23)16-31-26-24(28)12-18(13-25(26)29)11-22(15-30)21-8-7-19-3-1-2-4-20(19)14-21/h1-14H,16H2/b22-11-. The second kappa shape index (κ2) is 9.45. The summed E-state index contributed by atoms with van der Waals surface area (Å²) >= 11 is 18.8. The maximum Gasteiger partial charge on any atom is 0.157 e. The fourth-order valence-corrected chi connectivity index (χ4v) is 3.98. The van der Waals surface area contributed by atoms with Crippen molar-refractivity contribution in [2.45, 2.75) is 6.61 Å². The van der Waals surface area contributed by atoms with Crippen LogP contribution in [0.4, 0.5) is 0 Å². The van der Waals surface area contributed by atoms with E-state index in [2.05, 4.69) is 6.07 Å². The van der Waals surface area contributed by atoms with Gasteiger partial charge in [-0.2, -0.15) is 5.26 Å². The van der Waals surface area contributed by atoms with Crippen molar-refractivity contribution >= 4 is 57.2 Å². The van der Waals surface area contributed by atoms with E-state index in [0.717, 1.165) is 27.5 Å². The number of allylic oxidation sites excluding steroid dienone is 1. The number of nitriles is 1. The third-order valence-electron chi connectivity index (χ3n) is 4.81. The molecule has 0 unspecified atom stereocenters. The lowest BCUT2D eigenvalue weighted by Gasteiger charge is -2.11. The number of hydrogen-bond acceptors (Lipinski definition) is 2. The molecule has 0 atom stereocenters. The Morgan fingerprint density at radius 1 is 0.839 bits per heavy atom. The molecule has 0 amide bonds. The maximum absolute atomic E-state index is 9.72. The molecule has 0 bridgehead atoms. The lowest BCUT2D eigenvalue weighted by Crippen LogP contribution is -1.97. The molecule has 152 valence electrons. The van der Waals surface area contributed by atoms with Crippen LogP contribution in [0.5, 0.6) is 5.75 Å². The van der Waals surface area contributed by atoms with Crippen molar-refractivity contribution < 1.29 is 4.74 Å². The fourth-order valence-electron chi connectivity index (χ4n) is 3.24. The molecular formula is C26H16Cl3NO. The van der Waals surface area contributed by atoms with Gasteiger partial charge >= 0.3 is 0 Å². The number of fused-ring (bicyclic) bond motifs is 1. The van der Waals surface area contributed by atoms with Crippen LogP contribution in [-0.2, 0) is 6.61 Å². The monoisotopic (exact) mass is 463 g/mol. The molecule has 4 rings (SSSR count). The third kappa shape index (κ3) is 5.03. The first-order valence-electron chi connectivity index (χ1n) is 9.51. The summed E-state index contributed by atoms with van der Waals surface area (Å²) in [4.78, 5) is 0. The molecular weight excluding hydrogens is 449 g/mol. The van der Waals surface area contributed by atoms with Crippen molar-refractivity contribution in [3.05, 3.63) is 111 Å². The molecule has 0 aliphatic heterocycles. The molecule has 0 aliphatic carbocycles. The molecule has 0 spiro atoms. The minimum absolute atomic E-state index is 0.312. The molecule has 0 saturated heterocycles. The Kier molecular flexibility index (Phi) is 6.49. The zero-order valence-corrected chi connectivity index (χ0v) is 18.5. The lowest BCUT2D eigenvalue weighted by atomic mass is 10.00. The number of ether oxygens (including phenoxy) is 1. The second-order valence-corrected chi connectivity index (χ2v) is 8.21. The molecule has 0 saturated carbocycles. The van der Waals surface area contributed by atoms with E-state index in [4.69, 9.17) is 39.5 Å². The normalized spacial score (nSPS) is 11.4. The summed E-state index contributed by atoms with van der Waals surface area (Å²) in [5, 5.41) is 13.3. The number of halogens is 3. The molecule has 31 heavy (non-hydrogen) atoms. The molecule has 0 aliphatic rings.